The minimum Gasteiger partial charge on any atom is -0.507 e. The van der Waals surface area contributed by atoms with Gasteiger partial charge in [-0.3, -0.25) is 9.59 Å². The summed E-state index contributed by atoms with van der Waals surface area (Å²) in [6.07, 6.45) is 0.954. The third kappa shape index (κ3) is 4.30. The molecule has 0 bridgehead atoms. The second-order valence-electron chi connectivity index (χ2n) is 3.98. The topological polar surface area (TPSA) is 149 Å². The van der Waals surface area contributed by atoms with E-state index in [1.165, 1.54) is 18.2 Å². The van der Waals surface area contributed by atoms with Crippen molar-refractivity contribution in [3.8, 4) is 0 Å². The Morgan fingerprint density at radius 2 is 1.09 bits per heavy atom. The Morgan fingerprint density at radius 1 is 0.727 bits per heavy atom. The Bertz CT molecular complexity index is 654. The number of carbonyl (C=O) groups excluding carboxylic acids is 2. The van der Waals surface area contributed by atoms with Gasteiger partial charge in [0.2, 0.25) is 0 Å². The fourth-order valence-corrected chi connectivity index (χ4v) is 1.38. The van der Waals surface area contributed by atoms with Gasteiger partial charge in [0.15, 0.2) is 0 Å². The average molecular weight is 306 g/mol. The molecular formula is C14H10O8. The summed E-state index contributed by atoms with van der Waals surface area (Å²) in [5, 5.41) is 36.1. The van der Waals surface area contributed by atoms with Gasteiger partial charge in [-0.25, -0.2) is 9.59 Å². The van der Waals surface area contributed by atoms with Gasteiger partial charge in [-0.05, 0) is 6.07 Å². The fraction of sp³-hybridized carbons (Fsp3) is 0. The zero-order chi connectivity index (χ0) is 16.9. The summed E-state index contributed by atoms with van der Waals surface area (Å²) in [7, 11) is 0. The van der Waals surface area contributed by atoms with Gasteiger partial charge in [0.05, 0.1) is 0 Å². The molecule has 4 N–H and O–H groups in total. The van der Waals surface area contributed by atoms with E-state index in [0.29, 0.717) is 12.2 Å². The van der Waals surface area contributed by atoms with Crippen LogP contribution in [0, 0.1) is 0 Å². The lowest BCUT2D eigenvalue weighted by molar-refractivity contribution is -0.146. The molecule has 114 valence electrons. The highest BCUT2D eigenvalue weighted by Crippen LogP contribution is 2.18. The summed E-state index contributed by atoms with van der Waals surface area (Å²) < 4.78 is 0. The maximum absolute atomic E-state index is 11.0. The summed E-state index contributed by atoms with van der Waals surface area (Å²) in [4.78, 5) is 42.7. The largest absolute Gasteiger partial charge is 0.507 e. The molecule has 0 aliphatic rings. The first kappa shape index (κ1) is 16.6. The van der Waals surface area contributed by atoms with Gasteiger partial charge in [0, 0.05) is 23.3 Å². The van der Waals surface area contributed by atoms with E-state index in [0.717, 1.165) is 6.07 Å². The monoisotopic (exact) mass is 306 g/mol. The summed E-state index contributed by atoms with van der Waals surface area (Å²) in [6, 6.07) is 5.12. The van der Waals surface area contributed by atoms with Crippen LogP contribution < -0.4 is 0 Å². The molecule has 0 aromatic heterocycles. The van der Waals surface area contributed by atoms with Crippen molar-refractivity contribution in [2.45, 2.75) is 0 Å². The third-order valence-electron chi connectivity index (χ3n) is 2.41. The van der Waals surface area contributed by atoms with Gasteiger partial charge in [-0.1, -0.05) is 18.2 Å². The Morgan fingerprint density at radius 3 is 1.41 bits per heavy atom. The van der Waals surface area contributed by atoms with E-state index in [1.807, 2.05) is 0 Å². The minimum absolute atomic E-state index is 0.00479. The molecule has 8 nitrogen and oxygen atoms in total. The number of benzene rings is 1. The number of carboxylic acid groups (broad SMARTS) is 2. The van der Waals surface area contributed by atoms with Crippen LogP contribution >= 0.6 is 0 Å². The summed E-state index contributed by atoms with van der Waals surface area (Å²) in [5.74, 6) is -7.51. The lowest BCUT2D eigenvalue weighted by Crippen LogP contribution is -2.10. The molecule has 1 rings (SSSR count). The van der Waals surface area contributed by atoms with Crippen LogP contribution in [0.4, 0.5) is 0 Å². The van der Waals surface area contributed by atoms with Gasteiger partial charge in [0.25, 0.3) is 11.6 Å². The van der Waals surface area contributed by atoms with E-state index in [-0.39, 0.29) is 11.1 Å². The molecule has 0 heterocycles. The first-order valence-corrected chi connectivity index (χ1v) is 5.69. The molecule has 0 unspecified atom stereocenters. The minimum atomic E-state index is -1.75. The normalized spacial score (nSPS) is 11.8. The molecule has 8 heteroatoms. The summed E-state index contributed by atoms with van der Waals surface area (Å²) in [6.45, 7) is 0. The van der Waals surface area contributed by atoms with Crippen molar-refractivity contribution in [3.05, 3.63) is 47.5 Å². The van der Waals surface area contributed by atoms with Crippen molar-refractivity contribution in [1.82, 2.24) is 0 Å². The number of aliphatic carboxylic acids is 2. The summed E-state index contributed by atoms with van der Waals surface area (Å²) in [5.41, 5.74) is -0.00959. The van der Waals surface area contributed by atoms with Crippen LogP contribution in [-0.4, -0.2) is 43.9 Å². The second-order valence-corrected chi connectivity index (χ2v) is 3.98. The molecule has 0 amide bonds. The Balaban J connectivity index is 3.14. The molecule has 0 fully saturated rings. The molecule has 0 radical (unpaired) electrons. The molecule has 0 saturated carbocycles. The number of carbonyl (C=O) groups is 4. The number of aliphatic hydroxyl groups is 2. The van der Waals surface area contributed by atoms with Crippen LogP contribution in [0.3, 0.4) is 0 Å². The van der Waals surface area contributed by atoms with Crippen LogP contribution in [0.25, 0.3) is 11.5 Å². The standard InChI is InChI=1S/C14H10O8/c15-9(5-11(17)13(19)20)7-2-1-3-8(4-7)10(16)6-12(18)14(21)22/h1-6,15-16H,(H,19,20)(H,21,22)/b9-5-,10-6-. The molecule has 22 heavy (non-hydrogen) atoms. The quantitative estimate of drug-likeness (QED) is 0.342. The van der Waals surface area contributed by atoms with Crippen LogP contribution in [0.1, 0.15) is 11.1 Å². The Kier molecular flexibility index (Phi) is 5.17. The van der Waals surface area contributed by atoms with Crippen molar-refractivity contribution < 1.29 is 39.6 Å². The number of hydrogen-bond acceptors (Lipinski definition) is 6. The van der Waals surface area contributed by atoms with Crippen molar-refractivity contribution in [3.63, 3.8) is 0 Å². The van der Waals surface area contributed by atoms with Crippen molar-refractivity contribution >= 4 is 35.0 Å². The van der Waals surface area contributed by atoms with Crippen LogP contribution in [0.15, 0.2) is 36.4 Å². The fourth-order valence-electron chi connectivity index (χ4n) is 1.38. The van der Waals surface area contributed by atoms with E-state index in [1.54, 1.807) is 0 Å². The molecule has 0 spiro atoms. The number of hydrogen-bond donors (Lipinski definition) is 4. The molecule has 0 saturated heterocycles. The SMILES string of the molecule is O=C(O)C(=O)/C=C(\O)c1cccc(/C(O)=C/C(=O)C(=O)O)c1. The lowest BCUT2D eigenvalue weighted by Gasteiger charge is -2.04. The zero-order valence-electron chi connectivity index (χ0n) is 10.9. The van der Waals surface area contributed by atoms with Gasteiger partial charge >= 0.3 is 11.9 Å². The first-order chi connectivity index (χ1) is 10.2. The highest BCUT2D eigenvalue weighted by atomic mass is 16.4. The van der Waals surface area contributed by atoms with E-state index in [2.05, 4.69) is 0 Å². The van der Waals surface area contributed by atoms with E-state index in [4.69, 9.17) is 10.2 Å². The molecular weight excluding hydrogens is 296 g/mol. The highest BCUT2D eigenvalue weighted by molar-refractivity contribution is 6.39. The maximum atomic E-state index is 11.0. The van der Waals surface area contributed by atoms with Crippen LogP contribution in [0.5, 0.6) is 0 Å². The number of rotatable bonds is 6. The number of carboxylic acids is 2. The number of aliphatic hydroxyl groups excluding tert-OH is 2. The van der Waals surface area contributed by atoms with Crippen molar-refractivity contribution in [2.75, 3.05) is 0 Å². The molecule has 0 atom stereocenters. The molecule has 1 aromatic rings. The van der Waals surface area contributed by atoms with E-state index in [9.17, 15) is 29.4 Å². The lowest BCUT2D eigenvalue weighted by atomic mass is 10.1. The average Bonchev–Trinajstić information content (AvgIpc) is 2.46. The maximum Gasteiger partial charge on any atom is 0.376 e. The molecule has 1 aromatic carbocycles. The van der Waals surface area contributed by atoms with Crippen LogP contribution in [0.2, 0.25) is 0 Å². The van der Waals surface area contributed by atoms with E-state index < -0.39 is 35.0 Å². The zero-order valence-corrected chi connectivity index (χ0v) is 10.9. The van der Waals surface area contributed by atoms with Crippen LogP contribution in [-0.2, 0) is 19.2 Å². The first-order valence-electron chi connectivity index (χ1n) is 5.69. The smallest absolute Gasteiger partial charge is 0.376 e. The Hall–Kier alpha value is -3.42. The van der Waals surface area contributed by atoms with Gasteiger partial charge in [0.1, 0.15) is 11.5 Å². The van der Waals surface area contributed by atoms with E-state index >= 15 is 0 Å². The van der Waals surface area contributed by atoms with Gasteiger partial charge < -0.3 is 20.4 Å². The van der Waals surface area contributed by atoms with Gasteiger partial charge in [-0.2, -0.15) is 0 Å². The molecule has 0 aliphatic heterocycles. The second kappa shape index (κ2) is 6.84. The molecule has 0 aliphatic carbocycles. The Labute approximate surface area is 123 Å². The summed E-state index contributed by atoms with van der Waals surface area (Å²) >= 11 is 0. The predicted octanol–water partition coefficient (Wildman–Crippen LogP) is 0.792. The highest BCUT2D eigenvalue weighted by Gasteiger charge is 2.13. The van der Waals surface area contributed by atoms with Gasteiger partial charge in [-0.15, -0.1) is 0 Å². The third-order valence-corrected chi connectivity index (χ3v) is 2.41. The number of ketones is 2. The predicted molar refractivity (Wildman–Crippen MR) is 72.9 cm³/mol. The van der Waals surface area contributed by atoms with Crippen molar-refractivity contribution in [1.29, 1.82) is 0 Å². The van der Waals surface area contributed by atoms with Crippen molar-refractivity contribution in [2.24, 2.45) is 0 Å².